The molecule has 0 radical (unpaired) electrons. The molecule has 0 aliphatic carbocycles. The maximum absolute atomic E-state index is 2.21. The molecule has 19 heavy (non-hydrogen) atoms. The molecule has 0 nitrogen and oxygen atoms in total. The van der Waals surface area contributed by atoms with Crippen LogP contribution in [0.2, 0.25) is 0 Å². The van der Waals surface area contributed by atoms with Gasteiger partial charge in [-0.25, -0.2) is 0 Å². The molecule has 1 aromatic heterocycles. The Balaban J connectivity index is 1.95. The molecule has 0 amide bonds. The maximum atomic E-state index is 2.21. The highest BCUT2D eigenvalue weighted by atomic mass is 32.1. The third-order valence-corrected chi connectivity index (χ3v) is 4.46. The summed E-state index contributed by atoms with van der Waals surface area (Å²) < 4.78 is 0. The molecule has 0 unspecified atom stereocenters. The molecule has 0 aliphatic heterocycles. The first-order chi connectivity index (χ1) is 9.22. The van der Waals surface area contributed by atoms with Crippen LogP contribution in [0.25, 0.3) is 20.9 Å². The average Bonchev–Trinajstić information content (AvgIpc) is 2.90. The van der Waals surface area contributed by atoms with E-state index in [0.29, 0.717) is 0 Å². The Morgan fingerprint density at radius 2 is 0.895 bits per heavy atom. The van der Waals surface area contributed by atoms with Crippen molar-refractivity contribution in [3.05, 3.63) is 71.8 Å². The van der Waals surface area contributed by atoms with E-state index in [-0.39, 0.29) is 0 Å². The van der Waals surface area contributed by atoms with Gasteiger partial charge in [-0.15, -0.1) is 11.3 Å². The van der Waals surface area contributed by atoms with Crippen LogP contribution in [0.15, 0.2) is 60.7 Å². The molecule has 0 spiro atoms. The van der Waals surface area contributed by atoms with Gasteiger partial charge in [-0.05, 0) is 37.1 Å². The van der Waals surface area contributed by atoms with Crippen LogP contribution < -0.4 is 0 Å². The lowest BCUT2D eigenvalue weighted by molar-refractivity contribution is 1.48. The molecule has 0 bridgehead atoms. The Kier molecular flexibility index (Phi) is 3.22. The second kappa shape index (κ2) is 5.02. The van der Waals surface area contributed by atoms with Crippen molar-refractivity contribution in [1.29, 1.82) is 0 Å². The van der Waals surface area contributed by atoms with Gasteiger partial charge in [-0.2, -0.15) is 0 Å². The minimum atomic E-state index is 1.30. The van der Waals surface area contributed by atoms with Crippen molar-refractivity contribution in [2.24, 2.45) is 0 Å². The van der Waals surface area contributed by atoms with Gasteiger partial charge >= 0.3 is 0 Å². The van der Waals surface area contributed by atoms with E-state index in [9.17, 15) is 0 Å². The van der Waals surface area contributed by atoms with E-state index < -0.39 is 0 Å². The standard InChI is InChI=1S/C18H16S/c1-13-3-7-15(8-4-13)17-11-12-18(19-17)16-9-5-14(2)6-10-16/h3-12H,1-2H3. The number of aryl methyl sites for hydroxylation is 2. The summed E-state index contributed by atoms with van der Waals surface area (Å²) in [5.74, 6) is 0. The van der Waals surface area contributed by atoms with E-state index in [4.69, 9.17) is 0 Å². The van der Waals surface area contributed by atoms with E-state index in [0.717, 1.165) is 0 Å². The van der Waals surface area contributed by atoms with E-state index in [2.05, 4.69) is 74.5 Å². The van der Waals surface area contributed by atoms with Crippen LogP contribution in [0.4, 0.5) is 0 Å². The molecule has 0 atom stereocenters. The van der Waals surface area contributed by atoms with Gasteiger partial charge in [-0.3, -0.25) is 0 Å². The molecule has 94 valence electrons. The molecule has 0 saturated carbocycles. The smallest absolute Gasteiger partial charge is 0.0349 e. The Morgan fingerprint density at radius 1 is 0.526 bits per heavy atom. The Hall–Kier alpha value is -1.86. The summed E-state index contributed by atoms with van der Waals surface area (Å²) in [6, 6.07) is 21.9. The van der Waals surface area contributed by atoms with E-state index >= 15 is 0 Å². The molecular weight excluding hydrogens is 248 g/mol. The van der Waals surface area contributed by atoms with Crippen molar-refractivity contribution in [3.63, 3.8) is 0 Å². The normalized spacial score (nSPS) is 10.6. The zero-order valence-electron chi connectivity index (χ0n) is 11.2. The lowest BCUT2D eigenvalue weighted by atomic mass is 10.1. The van der Waals surface area contributed by atoms with Crippen LogP contribution >= 0.6 is 11.3 Å². The summed E-state index contributed by atoms with van der Waals surface area (Å²) >= 11 is 1.85. The minimum absolute atomic E-state index is 1.30. The van der Waals surface area contributed by atoms with Gasteiger partial charge in [0, 0.05) is 9.75 Å². The monoisotopic (exact) mass is 264 g/mol. The van der Waals surface area contributed by atoms with Crippen LogP contribution in [-0.2, 0) is 0 Å². The predicted octanol–water partition coefficient (Wildman–Crippen LogP) is 5.70. The third kappa shape index (κ3) is 2.61. The van der Waals surface area contributed by atoms with Gasteiger partial charge in [-0.1, -0.05) is 59.7 Å². The van der Waals surface area contributed by atoms with E-state index in [1.54, 1.807) is 0 Å². The van der Waals surface area contributed by atoms with Crippen molar-refractivity contribution >= 4 is 11.3 Å². The minimum Gasteiger partial charge on any atom is -0.135 e. The van der Waals surface area contributed by atoms with E-state index in [1.165, 1.54) is 32.0 Å². The fraction of sp³-hybridized carbons (Fsp3) is 0.111. The van der Waals surface area contributed by atoms with Crippen molar-refractivity contribution in [1.82, 2.24) is 0 Å². The van der Waals surface area contributed by atoms with Crippen LogP contribution in [0.5, 0.6) is 0 Å². The second-order valence-corrected chi connectivity index (χ2v) is 5.98. The molecule has 0 N–H and O–H groups in total. The van der Waals surface area contributed by atoms with Gasteiger partial charge in [0.15, 0.2) is 0 Å². The number of hydrogen-bond acceptors (Lipinski definition) is 1. The van der Waals surface area contributed by atoms with Crippen LogP contribution in [-0.4, -0.2) is 0 Å². The second-order valence-electron chi connectivity index (χ2n) is 4.90. The quantitative estimate of drug-likeness (QED) is 0.557. The Bertz CT molecular complexity index is 612. The van der Waals surface area contributed by atoms with Gasteiger partial charge in [0.05, 0.1) is 0 Å². The highest BCUT2D eigenvalue weighted by Gasteiger charge is 2.04. The lowest BCUT2D eigenvalue weighted by Gasteiger charge is -1.99. The van der Waals surface area contributed by atoms with Crippen molar-refractivity contribution in [2.45, 2.75) is 13.8 Å². The maximum Gasteiger partial charge on any atom is 0.0349 e. The lowest BCUT2D eigenvalue weighted by Crippen LogP contribution is -1.73. The molecule has 1 heterocycles. The van der Waals surface area contributed by atoms with Crippen molar-refractivity contribution in [3.8, 4) is 20.9 Å². The summed E-state index contributed by atoms with van der Waals surface area (Å²) in [7, 11) is 0. The number of hydrogen-bond donors (Lipinski definition) is 0. The third-order valence-electron chi connectivity index (χ3n) is 3.28. The summed E-state index contributed by atoms with van der Waals surface area (Å²) in [6.07, 6.45) is 0. The van der Waals surface area contributed by atoms with Gasteiger partial charge in [0.1, 0.15) is 0 Å². The van der Waals surface area contributed by atoms with Crippen LogP contribution in [0.3, 0.4) is 0 Å². The summed E-state index contributed by atoms with van der Waals surface area (Å²) in [5.41, 5.74) is 5.21. The summed E-state index contributed by atoms with van der Waals surface area (Å²) in [6.45, 7) is 4.24. The first-order valence-electron chi connectivity index (χ1n) is 6.46. The molecule has 0 aliphatic rings. The number of benzene rings is 2. The molecule has 3 aromatic rings. The van der Waals surface area contributed by atoms with Crippen molar-refractivity contribution < 1.29 is 0 Å². The molecule has 2 aromatic carbocycles. The average molecular weight is 264 g/mol. The first kappa shape index (κ1) is 12.2. The molecular formula is C18H16S. The molecule has 3 rings (SSSR count). The van der Waals surface area contributed by atoms with E-state index in [1.807, 2.05) is 11.3 Å². The van der Waals surface area contributed by atoms with Crippen molar-refractivity contribution in [2.75, 3.05) is 0 Å². The Labute approximate surface area is 118 Å². The summed E-state index contributed by atoms with van der Waals surface area (Å²) in [4.78, 5) is 2.66. The van der Waals surface area contributed by atoms with Crippen LogP contribution in [0, 0.1) is 13.8 Å². The highest BCUT2D eigenvalue weighted by Crippen LogP contribution is 2.34. The fourth-order valence-corrected chi connectivity index (χ4v) is 3.10. The topological polar surface area (TPSA) is 0 Å². The predicted molar refractivity (Wildman–Crippen MR) is 84.7 cm³/mol. The molecule has 0 saturated heterocycles. The summed E-state index contributed by atoms with van der Waals surface area (Å²) in [5, 5.41) is 0. The van der Waals surface area contributed by atoms with Crippen LogP contribution in [0.1, 0.15) is 11.1 Å². The number of thiophene rings is 1. The Morgan fingerprint density at radius 3 is 1.26 bits per heavy atom. The number of rotatable bonds is 2. The fourth-order valence-electron chi connectivity index (χ4n) is 2.08. The SMILES string of the molecule is Cc1ccc(-c2ccc(-c3ccc(C)cc3)s2)cc1. The highest BCUT2D eigenvalue weighted by molar-refractivity contribution is 7.18. The largest absolute Gasteiger partial charge is 0.135 e. The van der Waals surface area contributed by atoms with Gasteiger partial charge < -0.3 is 0 Å². The zero-order chi connectivity index (χ0) is 13.2. The first-order valence-corrected chi connectivity index (χ1v) is 7.28. The van der Waals surface area contributed by atoms with Gasteiger partial charge in [0.25, 0.3) is 0 Å². The zero-order valence-corrected chi connectivity index (χ0v) is 12.0. The molecule has 0 fully saturated rings. The van der Waals surface area contributed by atoms with Gasteiger partial charge in [0.2, 0.25) is 0 Å². The molecule has 1 heteroatoms.